The van der Waals surface area contributed by atoms with Gasteiger partial charge in [-0.1, -0.05) is 11.6 Å². The maximum atomic E-state index is 11.1. The predicted molar refractivity (Wildman–Crippen MR) is 71.9 cm³/mol. The van der Waals surface area contributed by atoms with Crippen LogP contribution in [-0.2, 0) is 4.79 Å². The third-order valence-corrected chi connectivity index (χ3v) is 3.59. The molecule has 0 aliphatic heterocycles. The van der Waals surface area contributed by atoms with E-state index in [-0.39, 0.29) is 5.92 Å². The van der Waals surface area contributed by atoms with Gasteiger partial charge in [-0.25, -0.2) is 4.79 Å². The number of hydrogen-bond acceptors (Lipinski definition) is 2. The first-order valence-corrected chi connectivity index (χ1v) is 6.48. The molecule has 1 fully saturated rings. The third kappa shape index (κ3) is 2.79. The number of carboxylic acids is 1. The smallest absolute Gasteiger partial charge is 0.326 e. The number of hydrogen-bond donors (Lipinski definition) is 2. The molecule has 86 valence electrons. The number of rotatable bonds is 4. The molecule has 1 saturated carbocycles. The lowest BCUT2D eigenvalue weighted by atomic mass is 10.1. The quantitative estimate of drug-likeness (QED) is 0.819. The van der Waals surface area contributed by atoms with E-state index in [2.05, 4.69) is 27.9 Å². The molecule has 1 aromatic carbocycles. The van der Waals surface area contributed by atoms with Crippen molar-refractivity contribution in [1.29, 1.82) is 0 Å². The van der Waals surface area contributed by atoms with Crippen LogP contribution >= 0.6 is 34.2 Å². The monoisotopic (exact) mass is 351 g/mol. The number of benzene rings is 1. The van der Waals surface area contributed by atoms with Gasteiger partial charge in [0.25, 0.3) is 0 Å². The molecule has 1 aliphatic rings. The van der Waals surface area contributed by atoms with Gasteiger partial charge in [-0.15, -0.1) is 0 Å². The summed E-state index contributed by atoms with van der Waals surface area (Å²) < 4.78 is 1.03. The Balaban J connectivity index is 2.15. The molecule has 0 bridgehead atoms. The number of carboxylic acid groups (broad SMARTS) is 1. The minimum atomic E-state index is -0.808. The zero-order chi connectivity index (χ0) is 11.7. The summed E-state index contributed by atoms with van der Waals surface area (Å²) in [5, 5.41) is 12.7. The first-order chi connectivity index (χ1) is 7.58. The Morgan fingerprint density at radius 3 is 2.75 bits per heavy atom. The second kappa shape index (κ2) is 4.79. The van der Waals surface area contributed by atoms with Gasteiger partial charge in [0.05, 0.1) is 10.7 Å². The zero-order valence-electron chi connectivity index (χ0n) is 8.41. The molecule has 5 heteroatoms. The van der Waals surface area contributed by atoms with Crippen LogP contribution in [0, 0.1) is 9.49 Å². The van der Waals surface area contributed by atoms with E-state index in [4.69, 9.17) is 16.7 Å². The van der Waals surface area contributed by atoms with Crippen molar-refractivity contribution >= 4 is 45.8 Å². The Bertz CT molecular complexity index is 420. The predicted octanol–water partition coefficient (Wildman–Crippen LogP) is 3.22. The molecule has 0 aromatic heterocycles. The summed E-state index contributed by atoms with van der Waals surface area (Å²) in [7, 11) is 0. The van der Waals surface area contributed by atoms with E-state index in [1.54, 1.807) is 0 Å². The van der Waals surface area contributed by atoms with E-state index in [0.717, 1.165) is 16.4 Å². The minimum Gasteiger partial charge on any atom is -0.480 e. The van der Waals surface area contributed by atoms with Crippen molar-refractivity contribution in [3.05, 3.63) is 26.8 Å². The Labute approximate surface area is 112 Å². The first kappa shape index (κ1) is 12.0. The Morgan fingerprint density at radius 1 is 1.56 bits per heavy atom. The molecule has 3 nitrogen and oxygen atoms in total. The van der Waals surface area contributed by atoms with Crippen LogP contribution in [0.3, 0.4) is 0 Å². The van der Waals surface area contributed by atoms with Crippen LogP contribution in [0.25, 0.3) is 0 Å². The molecule has 1 atom stereocenters. The molecule has 2 rings (SSSR count). The molecular weight excluding hydrogens is 340 g/mol. The highest BCUT2D eigenvalue weighted by atomic mass is 127. The molecule has 2 N–H and O–H groups in total. The number of carbonyl (C=O) groups is 1. The van der Waals surface area contributed by atoms with Gasteiger partial charge in [0.1, 0.15) is 6.04 Å². The molecule has 0 heterocycles. The van der Waals surface area contributed by atoms with Crippen LogP contribution in [0.15, 0.2) is 18.2 Å². The summed E-state index contributed by atoms with van der Waals surface area (Å²) in [6.07, 6.45) is 1.96. The van der Waals surface area contributed by atoms with Crippen LogP contribution in [-0.4, -0.2) is 17.1 Å². The molecule has 1 aliphatic carbocycles. The summed E-state index contributed by atoms with van der Waals surface area (Å²) in [6, 6.07) is 5.02. The highest BCUT2D eigenvalue weighted by Crippen LogP contribution is 2.35. The molecule has 1 aromatic rings. The maximum Gasteiger partial charge on any atom is 0.326 e. The van der Waals surface area contributed by atoms with Gasteiger partial charge >= 0.3 is 5.97 Å². The van der Waals surface area contributed by atoms with Crippen molar-refractivity contribution in [1.82, 2.24) is 0 Å². The average molecular weight is 352 g/mol. The molecule has 0 radical (unpaired) electrons. The topological polar surface area (TPSA) is 49.3 Å². The molecule has 0 spiro atoms. The van der Waals surface area contributed by atoms with E-state index >= 15 is 0 Å². The minimum absolute atomic E-state index is 0.243. The van der Waals surface area contributed by atoms with Crippen molar-refractivity contribution in [3.8, 4) is 0 Å². The van der Waals surface area contributed by atoms with Crippen molar-refractivity contribution in [2.75, 3.05) is 5.32 Å². The van der Waals surface area contributed by atoms with Crippen LogP contribution < -0.4 is 5.32 Å². The summed E-state index contributed by atoms with van der Waals surface area (Å²) in [5.41, 5.74) is 0.696. The van der Waals surface area contributed by atoms with Gasteiger partial charge in [0.15, 0.2) is 0 Å². The van der Waals surface area contributed by atoms with Gasteiger partial charge in [0, 0.05) is 3.57 Å². The van der Waals surface area contributed by atoms with Gasteiger partial charge in [-0.2, -0.15) is 0 Å². The van der Waals surface area contributed by atoms with Crippen molar-refractivity contribution < 1.29 is 9.90 Å². The lowest BCUT2D eigenvalue weighted by Crippen LogP contribution is -2.31. The van der Waals surface area contributed by atoms with E-state index in [1.807, 2.05) is 18.2 Å². The van der Waals surface area contributed by atoms with E-state index in [0.29, 0.717) is 10.7 Å². The first-order valence-electron chi connectivity index (χ1n) is 5.02. The average Bonchev–Trinajstić information content (AvgIpc) is 2.99. The summed E-state index contributed by atoms with van der Waals surface area (Å²) in [4.78, 5) is 11.1. The molecule has 1 unspecified atom stereocenters. The zero-order valence-corrected chi connectivity index (χ0v) is 11.3. The van der Waals surface area contributed by atoms with E-state index in [9.17, 15) is 4.79 Å². The summed E-state index contributed by atoms with van der Waals surface area (Å²) >= 11 is 8.21. The third-order valence-electron chi connectivity index (χ3n) is 2.60. The van der Waals surface area contributed by atoms with Crippen molar-refractivity contribution in [3.63, 3.8) is 0 Å². The largest absolute Gasteiger partial charge is 0.480 e. The van der Waals surface area contributed by atoms with Crippen molar-refractivity contribution in [2.24, 2.45) is 5.92 Å². The van der Waals surface area contributed by atoms with Gasteiger partial charge in [-0.05, 0) is 59.5 Å². The maximum absolute atomic E-state index is 11.1. The van der Waals surface area contributed by atoms with E-state index < -0.39 is 12.0 Å². The Morgan fingerprint density at radius 2 is 2.25 bits per heavy atom. The van der Waals surface area contributed by atoms with Crippen molar-refractivity contribution in [2.45, 2.75) is 18.9 Å². The highest BCUT2D eigenvalue weighted by Gasteiger charge is 2.36. The Kier molecular flexibility index (Phi) is 3.59. The normalized spacial score (nSPS) is 16.9. The van der Waals surface area contributed by atoms with Crippen LogP contribution in [0.1, 0.15) is 12.8 Å². The van der Waals surface area contributed by atoms with Gasteiger partial charge in [-0.3, -0.25) is 0 Å². The van der Waals surface area contributed by atoms with Crippen LogP contribution in [0.4, 0.5) is 5.69 Å². The van der Waals surface area contributed by atoms with Crippen LogP contribution in [0.5, 0.6) is 0 Å². The summed E-state index contributed by atoms with van der Waals surface area (Å²) in [6.45, 7) is 0. The molecule has 0 amide bonds. The highest BCUT2D eigenvalue weighted by molar-refractivity contribution is 14.1. The summed E-state index contributed by atoms with van der Waals surface area (Å²) in [5.74, 6) is -0.565. The fourth-order valence-electron chi connectivity index (χ4n) is 1.58. The number of nitrogens with one attached hydrogen (secondary N) is 1. The molecular formula is C11H11ClINO2. The van der Waals surface area contributed by atoms with Gasteiger partial charge < -0.3 is 10.4 Å². The second-order valence-electron chi connectivity index (χ2n) is 3.92. The fraction of sp³-hybridized carbons (Fsp3) is 0.364. The Hall–Kier alpha value is -0.490. The number of halogens is 2. The van der Waals surface area contributed by atoms with Crippen LogP contribution in [0.2, 0.25) is 5.02 Å². The fourth-order valence-corrected chi connectivity index (χ4v) is 2.50. The van der Waals surface area contributed by atoms with E-state index in [1.165, 1.54) is 0 Å². The lowest BCUT2D eigenvalue weighted by Gasteiger charge is -2.16. The van der Waals surface area contributed by atoms with Gasteiger partial charge in [0.2, 0.25) is 0 Å². The lowest BCUT2D eigenvalue weighted by molar-refractivity contribution is -0.138. The number of anilines is 1. The molecule has 0 saturated heterocycles. The number of aliphatic carboxylic acids is 1. The molecule has 16 heavy (non-hydrogen) atoms. The second-order valence-corrected chi connectivity index (χ2v) is 5.57. The standard InChI is InChI=1S/C11H11ClINO2/c12-8-5-7(13)3-4-9(8)14-10(11(15)16)6-1-2-6/h3-6,10,14H,1-2H2,(H,15,16). The SMILES string of the molecule is O=C(O)C(Nc1ccc(I)cc1Cl)C1CC1.